The highest BCUT2D eigenvalue weighted by Gasteiger charge is 2.37. The van der Waals surface area contributed by atoms with E-state index in [9.17, 15) is 22.8 Å². The van der Waals surface area contributed by atoms with Crippen molar-refractivity contribution in [1.82, 2.24) is 5.32 Å². The molecule has 3 aromatic rings. The van der Waals surface area contributed by atoms with Gasteiger partial charge in [-0.1, -0.05) is 29.3 Å². The minimum Gasteiger partial charge on any atom is -0.493 e. The number of aryl methyl sites for hydroxylation is 2. The molecule has 0 unspecified atom stereocenters. The summed E-state index contributed by atoms with van der Waals surface area (Å²) >= 11 is 12.2. The van der Waals surface area contributed by atoms with Crippen molar-refractivity contribution in [2.75, 3.05) is 12.0 Å². The molecule has 9 nitrogen and oxygen atoms in total. The van der Waals surface area contributed by atoms with Gasteiger partial charge in [-0.25, -0.2) is 9.69 Å². The minimum absolute atomic E-state index is 0.0763. The molecule has 0 aliphatic carbocycles. The Bertz CT molecular complexity index is 1620. The number of rotatable bonds is 6. The Morgan fingerprint density at radius 2 is 1.61 bits per heavy atom. The first-order valence-electron chi connectivity index (χ1n) is 11.0. The van der Waals surface area contributed by atoms with Crippen LogP contribution in [0.15, 0.2) is 65.1 Å². The Kier molecular flexibility index (Phi) is 7.50. The Morgan fingerprint density at radius 3 is 2.24 bits per heavy atom. The fourth-order valence-electron chi connectivity index (χ4n) is 3.59. The van der Waals surface area contributed by atoms with Crippen molar-refractivity contribution in [3.05, 3.63) is 86.9 Å². The number of barbiturate groups is 1. The largest absolute Gasteiger partial charge is 0.493 e. The van der Waals surface area contributed by atoms with Crippen LogP contribution in [0.2, 0.25) is 10.0 Å². The topological polar surface area (TPSA) is 119 Å². The molecule has 12 heteroatoms. The average molecular weight is 575 g/mol. The van der Waals surface area contributed by atoms with Crippen LogP contribution in [0, 0.1) is 13.8 Å². The highest BCUT2D eigenvalue weighted by atomic mass is 35.5. The lowest BCUT2D eigenvalue weighted by Gasteiger charge is -2.27. The van der Waals surface area contributed by atoms with E-state index in [1.807, 2.05) is 13.8 Å². The number of urea groups is 1. The number of benzene rings is 3. The Labute approximate surface area is 228 Å². The van der Waals surface area contributed by atoms with E-state index in [1.165, 1.54) is 49.6 Å². The third-order valence-electron chi connectivity index (χ3n) is 5.71. The summed E-state index contributed by atoms with van der Waals surface area (Å²) in [6.45, 7) is 3.72. The first kappa shape index (κ1) is 27.2. The first-order chi connectivity index (χ1) is 17.9. The van der Waals surface area contributed by atoms with Crippen LogP contribution in [0.1, 0.15) is 16.7 Å². The fraction of sp³-hybridized carbons (Fsp3) is 0.115. The van der Waals surface area contributed by atoms with Crippen LogP contribution in [-0.4, -0.2) is 33.4 Å². The molecule has 38 heavy (non-hydrogen) atoms. The van der Waals surface area contributed by atoms with E-state index in [1.54, 1.807) is 18.2 Å². The Hall–Kier alpha value is -3.86. The van der Waals surface area contributed by atoms with Crippen molar-refractivity contribution in [1.29, 1.82) is 0 Å². The number of ether oxygens (including phenoxy) is 1. The molecule has 1 fully saturated rings. The number of hydrogen-bond donors (Lipinski definition) is 1. The van der Waals surface area contributed by atoms with Gasteiger partial charge in [0.25, 0.3) is 11.8 Å². The number of halogens is 2. The van der Waals surface area contributed by atoms with Gasteiger partial charge in [-0.05, 0) is 85.1 Å². The van der Waals surface area contributed by atoms with E-state index < -0.39 is 28.0 Å². The maximum absolute atomic E-state index is 13.2. The van der Waals surface area contributed by atoms with Crippen molar-refractivity contribution >= 4 is 62.9 Å². The number of carbonyl (C=O) groups excluding carboxylic acids is 3. The lowest BCUT2D eigenvalue weighted by atomic mass is 10.0. The summed E-state index contributed by atoms with van der Waals surface area (Å²) in [5, 5.41) is 2.33. The van der Waals surface area contributed by atoms with Gasteiger partial charge in [0.2, 0.25) is 5.75 Å². The standard InChI is InChI=1S/C26H20Cl2N2O7S/c1-14-4-7-18(10-15(14)2)30-25(32)20(24(31)29-26(30)33)11-16-12-21(28)23(22(13-16)36-3)37-38(34,35)19-8-5-17(27)6-9-19/h4-13H,1-3H3,(H,29,31,33)/b20-11+. The number of carbonyl (C=O) groups is 3. The van der Waals surface area contributed by atoms with Gasteiger partial charge in [0.15, 0.2) is 5.75 Å². The van der Waals surface area contributed by atoms with E-state index in [2.05, 4.69) is 5.32 Å². The molecule has 4 rings (SSSR count). The van der Waals surface area contributed by atoms with Gasteiger partial charge >= 0.3 is 16.1 Å². The molecule has 3 aromatic carbocycles. The molecular formula is C26H20Cl2N2O7S. The highest BCUT2D eigenvalue weighted by molar-refractivity contribution is 7.87. The van der Waals surface area contributed by atoms with E-state index >= 15 is 0 Å². The average Bonchev–Trinajstić information content (AvgIpc) is 2.85. The van der Waals surface area contributed by atoms with E-state index in [-0.39, 0.29) is 32.6 Å². The van der Waals surface area contributed by atoms with Crippen LogP contribution in [0.5, 0.6) is 11.5 Å². The van der Waals surface area contributed by atoms with Crippen LogP contribution < -0.4 is 19.1 Å². The quantitative estimate of drug-likeness (QED) is 0.248. The number of imide groups is 2. The maximum Gasteiger partial charge on any atom is 0.339 e. The third-order valence-corrected chi connectivity index (χ3v) is 7.48. The molecule has 1 N–H and O–H groups in total. The second kappa shape index (κ2) is 10.5. The molecule has 0 atom stereocenters. The molecule has 0 radical (unpaired) electrons. The summed E-state index contributed by atoms with van der Waals surface area (Å²) in [7, 11) is -3.03. The van der Waals surface area contributed by atoms with Crippen LogP contribution in [0.3, 0.4) is 0 Å². The van der Waals surface area contributed by atoms with Crippen molar-refractivity contribution < 1.29 is 31.7 Å². The second-order valence-corrected chi connectivity index (χ2v) is 10.6. The SMILES string of the molecule is COc1cc(/C=C2\C(=O)NC(=O)N(c3ccc(C)c(C)c3)C2=O)cc(Cl)c1OS(=O)(=O)c1ccc(Cl)cc1. The number of anilines is 1. The van der Waals surface area contributed by atoms with Crippen molar-refractivity contribution in [3.63, 3.8) is 0 Å². The fourth-order valence-corrected chi connectivity index (χ4v) is 4.97. The minimum atomic E-state index is -4.29. The van der Waals surface area contributed by atoms with Crippen LogP contribution in [0.4, 0.5) is 10.5 Å². The lowest BCUT2D eigenvalue weighted by Crippen LogP contribution is -2.54. The monoisotopic (exact) mass is 574 g/mol. The lowest BCUT2D eigenvalue weighted by molar-refractivity contribution is -0.122. The molecule has 4 amide bonds. The smallest absolute Gasteiger partial charge is 0.339 e. The summed E-state index contributed by atoms with van der Waals surface area (Å²) in [5.74, 6) is -2.12. The van der Waals surface area contributed by atoms with Crippen LogP contribution in [-0.2, 0) is 19.7 Å². The predicted molar refractivity (Wildman–Crippen MR) is 142 cm³/mol. The summed E-state index contributed by atoms with van der Waals surface area (Å²) in [6.07, 6.45) is 1.21. The Balaban J connectivity index is 1.70. The maximum atomic E-state index is 13.2. The zero-order valence-corrected chi connectivity index (χ0v) is 22.6. The second-order valence-electron chi connectivity index (χ2n) is 8.25. The molecule has 0 spiro atoms. The molecule has 1 saturated heterocycles. The molecule has 1 aliphatic rings. The van der Waals surface area contributed by atoms with Crippen LogP contribution >= 0.6 is 23.2 Å². The van der Waals surface area contributed by atoms with E-state index in [4.69, 9.17) is 32.1 Å². The molecule has 0 aromatic heterocycles. The zero-order chi connectivity index (χ0) is 27.8. The summed E-state index contributed by atoms with van der Waals surface area (Å²) in [5.41, 5.74) is 1.99. The summed E-state index contributed by atoms with van der Waals surface area (Å²) in [4.78, 5) is 39.0. The zero-order valence-electron chi connectivity index (χ0n) is 20.2. The third kappa shape index (κ3) is 5.38. The Morgan fingerprint density at radius 1 is 0.921 bits per heavy atom. The van der Waals surface area contributed by atoms with Gasteiger partial charge in [-0.15, -0.1) is 0 Å². The van der Waals surface area contributed by atoms with Gasteiger partial charge in [-0.2, -0.15) is 8.42 Å². The molecule has 0 saturated carbocycles. The van der Waals surface area contributed by atoms with E-state index in [0.29, 0.717) is 10.7 Å². The molecule has 0 bridgehead atoms. The van der Waals surface area contributed by atoms with Gasteiger partial charge < -0.3 is 8.92 Å². The molecular weight excluding hydrogens is 555 g/mol. The van der Waals surface area contributed by atoms with Gasteiger partial charge in [0.1, 0.15) is 10.5 Å². The van der Waals surface area contributed by atoms with Crippen molar-refractivity contribution in [2.24, 2.45) is 0 Å². The van der Waals surface area contributed by atoms with Crippen molar-refractivity contribution in [3.8, 4) is 11.5 Å². The molecule has 1 heterocycles. The molecule has 1 aliphatic heterocycles. The summed E-state index contributed by atoms with van der Waals surface area (Å²) in [6, 6.07) is 12.1. The van der Waals surface area contributed by atoms with Crippen molar-refractivity contribution in [2.45, 2.75) is 18.7 Å². The molecule has 196 valence electrons. The number of methoxy groups -OCH3 is 1. The van der Waals surface area contributed by atoms with Crippen LogP contribution in [0.25, 0.3) is 6.08 Å². The number of hydrogen-bond acceptors (Lipinski definition) is 7. The van der Waals surface area contributed by atoms with Gasteiger partial charge in [0, 0.05) is 5.02 Å². The van der Waals surface area contributed by atoms with Gasteiger partial charge in [-0.3, -0.25) is 14.9 Å². The van der Waals surface area contributed by atoms with E-state index in [0.717, 1.165) is 16.0 Å². The summed E-state index contributed by atoms with van der Waals surface area (Å²) < 4.78 is 36.0. The number of amides is 4. The number of nitrogens with zero attached hydrogens (tertiary/aromatic N) is 1. The first-order valence-corrected chi connectivity index (χ1v) is 13.1. The van der Waals surface area contributed by atoms with Gasteiger partial charge in [0.05, 0.1) is 17.8 Å². The highest BCUT2D eigenvalue weighted by Crippen LogP contribution is 2.39. The predicted octanol–water partition coefficient (Wildman–Crippen LogP) is 5.05. The normalized spacial score (nSPS) is 15.0. The number of nitrogens with one attached hydrogen (secondary N) is 1.